The van der Waals surface area contributed by atoms with Gasteiger partial charge in [0.15, 0.2) is 0 Å². The summed E-state index contributed by atoms with van der Waals surface area (Å²) < 4.78 is 1.99. The van der Waals surface area contributed by atoms with Crippen molar-refractivity contribution in [1.82, 2.24) is 19.7 Å². The Morgan fingerprint density at radius 2 is 1.95 bits per heavy atom. The molecule has 1 aliphatic rings. The van der Waals surface area contributed by atoms with E-state index in [0.29, 0.717) is 0 Å². The zero-order chi connectivity index (χ0) is 14.7. The second-order valence-corrected chi connectivity index (χ2v) is 6.19. The molecule has 112 valence electrons. The lowest BCUT2D eigenvalue weighted by Gasteiger charge is -2.36. The quantitative estimate of drug-likeness (QED) is 0.822. The van der Waals surface area contributed by atoms with Gasteiger partial charge in [-0.2, -0.15) is 11.8 Å². The summed E-state index contributed by atoms with van der Waals surface area (Å²) in [4.78, 5) is 16.4. The molecule has 0 saturated carbocycles. The Morgan fingerprint density at radius 3 is 2.45 bits per heavy atom. The summed E-state index contributed by atoms with van der Waals surface area (Å²) in [6, 6.07) is 0. The number of thioether (sulfide) groups is 1. The smallest absolute Gasteiger partial charge is 0.227 e. The van der Waals surface area contributed by atoms with Crippen molar-refractivity contribution in [1.29, 1.82) is 0 Å². The van der Waals surface area contributed by atoms with E-state index in [2.05, 4.69) is 15.1 Å². The predicted molar refractivity (Wildman–Crippen MR) is 82.1 cm³/mol. The molecule has 20 heavy (non-hydrogen) atoms. The van der Waals surface area contributed by atoms with E-state index in [-0.39, 0.29) is 11.8 Å². The van der Waals surface area contributed by atoms with Gasteiger partial charge in [-0.15, -0.1) is 10.2 Å². The monoisotopic (exact) mass is 297 g/mol. The molecular weight excluding hydrogens is 274 g/mol. The minimum Gasteiger partial charge on any atom is -0.339 e. The summed E-state index contributed by atoms with van der Waals surface area (Å²) >= 11 is 1.72. The average Bonchev–Trinajstić information content (AvgIpc) is 2.79. The number of nitrogens with zero attached hydrogens (tertiary/aromatic N) is 5. The van der Waals surface area contributed by atoms with Gasteiger partial charge >= 0.3 is 0 Å². The first kappa shape index (κ1) is 15.2. The number of hydrogen-bond donors (Lipinski definition) is 0. The Balaban J connectivity index is 1.92. The fourth-order valence-electron chi connectivity index (χ4n) is 2.43. The molecule has 0 aromatic carbocycles. The van der Waals surface area contributed by atoms with E-state index in [4.69, 9.17) is 0 Å². The van der Waals surface area contributed by atoms with E-state index < -0.39 is 0 Å². The molecule has 1 amide bonds. The van der Waals surface area contributed by atoms with E-state index in [1.807, 2.05) is 36.6 Å². The summed E-state index contributed by atoms with van der Waals surface area (Å²) in [6.45, 7) is 7.14. The van der Waals surface area contributed by atoms with Crippen LogP contribution in [0.1, 0.15) is 12.7 Å². The number of aromatic nitrogens is 3. The number of carbonyl (C=O) groups is 1. The molecule has 1 atom stereocenters. The van der Waals surface area contributed by atoms with E-state index in [1.165, 1.54) is 0 Å². The summed E-state index contributed by atoms with van der Waals surface area (Å²) in [7, 11) is 1.97. The Bertz CT molecular complexity index is 467. The summed E-state index contributed by atoms with van der Waals surface area (Å²) in [6.07, 6.45) is 2.04. The number of anilines is 1. The van der Waals surface area contributed by atoms with Crippen LogP contribution in [0.15, 0.2) is 0 Å². The van der Waals surface area contributed by atoms with Crippen molar-refractivity contribution < 1.29 is 4.79 Å². The minimum atomic E-state index is 0.105. The van der Waals surface area contributed by atoms with Gasteiger partial charge in [0.05, 0.1) is 0 Å². The lowest BCUT2D eigenvalue weighted by Crippen LogP contribution is -2.51. The van der Waals surface area contributed by atoms with E-state index in [0.717, 1.165) is 43.7 Å². The SMILES string of the molecule is CSCC(C)C(=O)N1CCN(c2nnc(C)n2C)CC1. The highest BCUT2D eigenvalue weighted by Crippen LogP contribution is 2.16. The van der Waals surface area contributed by atoms with Gasteiger partial charge in [-0.1, -0.05) is 6.92 Å². The molecule has 1 saturated heterocycles. The highest BCUT2D eigenvalue weighted by molar-refractivity contribution is 7.98. The van der Waals surface area contributed by atoms with Crippen molar-refractivity contribution >= 4 is 23.6 Å². The highest BCUT2D eigenvalue weighted by atomic mass is 32.2. The third-order valence-electron chi connectivity index (χ3n) is 3.78. The van der Waals surface area contributed by atoms with Crippen molar-refractivity contribution in [2.45, 2.75) is 13.8 Å². The summed E-state index contributed by atoms with van der Waals surface area (Å²) in [5.41, 5.74) is 0. The van der Waals surface area contributed by atoms with Gasteiger partial charge < -0.3 is 14.4 Å². The number of piperazine rings is 1. The fraction of sp³-hybridized carbons (Fsp3) is 0.769. The van der Waals surface area contributed by atoms with Crippen LogP contribution >= 0.6 is 11.8 Å². The third-order valence-corrected chi connectivity index (χ3v) is 4.62. The zero-order valence-corrected chi connectivity index (χ0v) is 13.5. The molecule has 1 unspecified atom stereocenters. The van der Waals surface area contributed by atoms with Gasteiger partial charge in [-0.3, -0.25) is 4.79 Å². The first-order valence-corrected chi connectivity index (χ1v) is 8.32. The topological polar surface area (TPSA) is 54.3 Å². The van der Waals surface area contributed by atoms with E-state index >= 15 is 0 Å². The average molecular weight is 297 g/mol. The van der Waals surface area contributed by atoms with Crippen LogP contribution in [0.2, 0.25) is 0 Å². The molecule has 0 bridgehead atoms. The number of rotatable bonds is 4. The maximum atomic E-state index is 12.3. The molecule has 2 heterocycles. The summed E-state index contributed by atoms with van der Waals surface area (Å²) in [5.74, 6) is 3.07. The second-order valence-electron chi connectivity index (χ2n) is 5.27. The van der Waals surface area contributed by atoms with E-state index in [1.54, 1.807) is 11.8 Å². The van der Waals surface area contributed by atoms with Crippen LogP contribution in [0.25, 0.3) is 0 Å². The highest BCUT2D eigenvalue weighted by Gasteiger charge is 2.26. The van der Waals surface area contributed by atoms with Crippen LogP contribution in [0.5, 0.6) is 0 Å². The molecule has 1 fully saturated rings. The first-order chi connectivity index (χ1) is 9.54. The number of aryl methyl sites for hydroxylation is 1. The molecule has 6 nitrogen and oxygen atoms in total. The Kier molecular flexibility index (Phi) is 4.91. The normalized spacial score (nSPS) is 17.4. The zero-order valence-electron chi connectivity index (χ0n) is 12.7. The number of amides is 1. The maximum absolute atomic E-state index is 12.3. The molecule has 0 aliphatic carbocycles. The lowest BCUT2D eigenvalue weighted by molar-refractivity contribution is -0.134. The van der Waals surface area contributed by atoms with Crippen molar-refractivity contribution in [3.8, 4) is 0 Å². The van der Waals surface area contributed by atoms with Crippen molar-refractivity contribution in [3.63, 3.8) is 0 Å². The fourth-order valence-corrected chi connectivity index (χ4v) is 3.07. The number of hydrogen-bond acceptors (Lipinski definition) is 5. The van der Waals surface area contributed by atoms with Crippen LogP contribution < -0.4 is 4.90 Å². The lowest BCUT2D eigenvalue weighted by atomic mass is 10.1. The Morgan fingerprint density at radius 1 is 1.30 bits per heavy atom. The standard InChI is InChI=1S/C13H23N5OS/c1-10(9-20-4)12(19)17-5-7-18(8-6-17)13-15-14-11(2)16(13)3/h10H,5-9H2,1-4H3. The van der Waals surface area contributed by atoms with Gasteiger partial charge in [-0.25, -0.2) is 0 Å². The molecule has 2 rings (SSSR count). The molecule has 1 aromatic heterocycles. The van der Waals surface area contributed by atoms with Gasteiger partial charge in [0, 0.05) is 44.9 Å². The van der Waals surface area contributed by atoms with E-state index in [9.17, 15) is 4.79 Å². The molecule has 1 aromatic rings. The van der Waals surface area contributed by atoms with Crippen LogP contribution in [0, 0.1) is 12.8 Å². The van der Waals surface area contributed by atoms with Gasteiger partial charge in [-0.05, 0) is 13.2 Å². The van der Waals surface area contributed by atoms with Crippen LogP contribution in [-0.4, -0.2) is 63.8 Å². The Hall–Kier alpha value is -1.24. The minimum absolute atomic E-state index is 0.105. The molecule has 1 aliphatic heterocycles. The van der Waals surface area contributed by atoms with Crippen molar-refractivity contribution in [3.05, 3.63) is 5.82 Å². The molecule has 0 N–H and O–H groups in total. The van der Waals surface area contributed by atoms with Crippen LogP contribution in [-0.2, 0) is 11.8 Å². The first-order valence-electron chi connectivity index (χ1n) is 6.93. The molecule has 0 spiro atoms. The van der Waals surface area contributed by atoms with Crippen LogP contribution in [0.4, 0.5) is 5.95 Å². The third kappa shape index (κ3) is 3.08. The predicted octanol–water partition coefficient (Wildman–Crippen LogP) is 0.771. The van der Waals surface area contributed by atoms with Gasteiger partial charge in [0.25, 0.3) is 0 Å². The van der Waals surface area contributed by atoms with Gasteiger partial charge in [0.2, 0.25) is 11.9 Å². The molecule has 0 radical (unpaired) electrons. The van der Waals surface area contributed by atoms with Crippen LogP contribution in [0.3, 0.4) is 0 Å². The molecule has 7 heteroatoms. The number of carbonyl (C=O) groups excluding carboxylic acids is 1. The maximum Gasteiger partial charge on any atom is 0.227 e. The Labute approximate surface area is 124 Å². The van der Waals surface area contributed by atoms with Crippen molar-refractivity contribution in [2.75, 3.05) is 43.1 Å². The van der Waals surface area contributed by atoms with Crippen molar-refractivity contribution in [2.24, 2.45) is 13.0 Å². The second kappa shape index (κ2) is 6.47. The molecular formula is C13H23N5OS. The largest absolute Gasteiger partial charge is 0.339 e. The summed E-state index contributed by atoms with van der Waals surface area (Å²) in [5, 5.41) is 8.29. The van der Waals surface area contributed by atoms with Gasteiger partial charge in [0.1, 0.15) is 5.82 Å².